The smallest absolute Gasteiger partial charge is 0.0101 e. The molecule has 96 valence electrons. The fourth-order valence-corrected chi connectivity index (χ4v) is 5.11. The SMILES string of the molecule is C=CCCCC(NCC)C1C2C3CCC(C3)C21. The number of hydrogen-bond donors (Lipinski definition) is 1. The average molecular weight is 233 g/mol. The Morgan fingerprint density at radius 2 is 2.00 bits per heavy atom. The van der Waals surface area contributed by atoms with E-state index < -0.39 is 0 Å². The highest BCUT2D eigenvalue weighted by Gasteiger charge is 2.66. The number of hydrogen-bond acceptors (Lipinski definition) is 1. The van der Waals surface area contributed by atoms with Gasteiger partial charge in [-0.15, -0.1) is 6.58 Å². The molecule has 0 aromatic carbocycles. The third-order valence-corrected chi connectivity index (χ3v) is 5.65. The van der Waals surface area contributed by atoms with Crippen LogP contribution in [0, 0.1) is 29.6 Å². The summed E-state index contributed by atoms with van der Waals surface area (Å²) in [6.07, 6.45) is 10.6. The Morgan fingerprint density at radius 3 is 2.59 bits per heavy atom. The summed E-state index contributed by atoms with van der Waals surface area (Å²) in [5, 5.41) is 3.77. The average Bonchev–Trinajstić information content (AvgIpc) is 2.76. The predicted octanol–water partition coefficient (Wildman–Crippen LogP) is 3.61. The molecule has 5 atom stereocenters. The normalized spacial score (nSPS) is 43.5. The molecule has 3 aliphatic rings. The van der Waals surface area contributed by atoms with E-state index in [1.165, 1.54) is 19.3 Å². The van der Waals surface area contributed by atoms with Crippen molar-refractivity contribution < 1.29 is 0 Å². The molecule has 0 aromatic rings. The van der Waals surface area contributed by atoms with Gasteiger partial charge in [0.25, 0.3) is 0 Å². The van der Waals surface area contributed by atoms with Gasteiger partial charge < -0.3 is 5.32 Å². The Bertz CT molecular complexity index is 269. The number of fused-ring (bicyclic) bond motifs is 5. The van der Waals surface area contributed by atoms with Gasteiger partial charge in [-0.2, -0.15) is 0 Å². The Morgan fingerprint density at radius 1 is 1.29 bits per heavy atom. The first kappa shape index (κ1) is 11.8. The van der Waals surface area contributed by atoms with Crippen molar-refractivity contribution in [3.8, 4) is 0 Å². The summed E-state index contributed by atoms with van der Waals surface area (Å²) in [6.45, 7) is 7.24. The highest BCUT2D eigenvalue weighted by atomic mass is 14.9. The highest BCUT2D eigenvalue weighted by Crippen LogP contribution is 2.70. The van der Waals surface area contributed by atoms with Crippen LogP contribution in [0.5, 0.6) is 0 Å². The van der Waals surface area contributed by atoms with Gasteiger partial charge in [-0.3, -0.25) is 0 Å². The Labute approximate surface area is 106 Å². The van der Waals surface area contributed by atoms with E-state index in [1.807, 2.05) is 0 Å². The third-order valence-electron chi connectivity index (χ3n) is 5.65. The number of rotatable bonds is 7. The zero-order valence-corrected chi connectivity index (χ0v) is 11.2. The van der Waals surface area contributed by atoms with Crippen molar-refractivity contribution >= 4 is 0 Å². The van der Waals surface area contributed by atoms with Gasteiger partial charge in [0.15, 0.2) is 0 Å². The molecule has 0 heterocycles. The number of nitrogens with one attached hydrogen (secondary N) is 1. The minimum Gasteiger partial charge on any atom is -0.314 e. The maximum Gasteiger partial charge on any atom is 0.0101 e. The van der Waals surface area contributed by atoms with Crippen molar-refractivity contribution in [1.82, 2.24) is 5.32 Å². The van der Waals surface area contributed by atoms with Gasteiger partial charge >= 0.3 is 0 Å². The van der Waals surface area contributed by atoms with Crippen LogP contribution in [0.3, 0.4) is 0 Å². The molecule has 0 saturated heterocycles. The highest BCUT2D eigenvalue weighted by molar-refractivity contribution is 5.15. The van der Waals surface area contributed by atoms with E-state index in [1.54, 1.807) is 19.3 Å². The molecule has 1 nitrogen and oxygen atoms in total. The van der Waals surface area contributed by atoms with Crippen molar-refractivity contribution in [3.05, 3.63) is 12.7 Å². The molecule has 3 fully saturated rings. The van der Waals surface area contributed by atoms with E-state index in [-0.39, 0.29) is 0 Å². The topological polar surface area (TPSA) is 12.0 Å². The predicted molar refractivity (Wildman–Crippen MR) is 72.8 cm³/mol. The summed E-state index contributed by atoms with van der Waals surface area (Å²) < 4.78 is 0. The fourth-order valence-electron chi connectivity index (χ4n) is 5.11. The van der Waals surface area contributed by atoms with Crippen LogP contribution < -0.4 is 5.32 Å². The minimum absolute atomic E-state index is 0.818. The lowest BCUT2D eigenvalue weighted by Crippen LogP contribution is -2.33. The Balaban J connectivity index is 1.56. The van der Waals surface area contributed by atoms with Gasteiger partial charge in [0.1, 0.15) is 0 Å². The van der Waals surface area contributed by atoms with Gasteiger partial charge in [0, 0.05) is 6.04 Å². The molecule has 3 aliphatic carbocycles. The molecule has 3 saturated carbocycles. The summed E-state index contributed by atoms with van der Waals surface area (Å²) in [4.78, 5) is 0. The summed E-state index contributed by atoms with van der Waals surface area (Å²) in [6, 6.07) is 0.818. The first-order valence-electron chi connectivity index (χ1n) is 7.71. The summed E-state index contributed by atoms with van der Waals surface area (Å²) >= 11 is 0. The second kappa shape index (κ2) is 4.76. The van der Waals surface area contributed by atoms with Crippen LogP contribution in [0.15, 0.2) is 12.7 Å². The molecule has 0 amide bonds. The van der Waals surface area contributed by atoms with E-state index in [0.717, 1.165) is 42.2 Å². The zero-order valence-electron chi connectivity index (χ0n) is 11.2. The molecule has 3 rings (SSSR count). The summed E-state index contributed by atoms with van der Waals surface area (Å²) in [5.41, 5.74) is 0. The van der Waals surface area contributed by atoms with Gasteiger partial charge in [0.2, 0.25) is 0 Å². The standard InChI is InChI=1S/C16H27N/c1-3-5-6-7-13(17-4-2)16-14-11-8-9-12(10-11)15(14)16/h3,11-17H,1,4-10H2,2H3. The second-order valence-electron chi connectivity index (χ2n) is 6.45. The van der Waals surface area contributed by atoms with Crippen LogP contribution >= 0.6 is 0 Å². The van der Waals surface area contributed by atoms with E-state index >= 15 is 0 Å². The van der Waals surface area contributed by atoms with Crippen LogP contribution in [0.25, 0.3) is 0 Å². The maximum absolute atomic E-state index is 3.83. The lowest BCUT2D eigenvalue weighted by molar-refractivity contribution is 0.348. The molecule has 0 radical (unpaired) electrons. The lowest BCUT2D eigenvalue weighted by Gasteiger charge is -2.21. The molecule has 1 heteroatoms. The molecule has 0 aliphatic heterocycles. The summed E-state index contributed by atoms with van der Waals surface area (Å²) in [7, 11) is 0. The second-order valence-corrected chi connectivity index (χ2v) is 6.45. The molecule has 17 heavy (non-hydrogen) atoms. The molecular weight excluding hydrogens is 206 g/mol. The number of allylic oxidation sites excluding steroid dienone is 1. The maximum atomic E-state index is 3.83. The first-order valence-corrected chi connectivity index (χ1v) is 7.71. The zero-order chi connectivity index (χ0) is 11.8. The number of unbranched alkanes of at least 4 members (excludes halogenated alkanes) is 1. The molecule has 2 bridgehead atoms. The van der Waals surface area contributed by atoms with E-state index in [2.05, 4.69) is 24.9 Å². The van der Waals surface area contributed by atoms with Crippen LogP contribution in [-0.4, -0.2) is 12.6 Å². The first-order chi connectivity index (χ1) is 8.36. The fraction of sp³-hybridized carbons (Fsp3) is 0.875. The minimum atomic E-state index is 0.818. The van der Waals surface area contributed by atoms with Crippen molar-refractivity contribution in [2.45, 2.75) is 51.5 Å². The molecule has 0 spiro atoms. The molecule has 5 unspecified atom stereocenters. The molecular formula is C16H27N. The Kier molecular flexibility index (Phi) is 3.30. The molecule has 0 aromatic heterocycles. The van der Waals surface area contributed by atoms with Crippen LogP contribution in [0.4, 0.5) is 0 Å². The van der Waals surface area contributed by atoms with Crippen molar-refractivity contribution in [2.75, 3.05) is 6.54 Å². The van der Waals surface area contributed by atoms with Crippen LogP contribution in [0.1, 0.15) is 45.4 Å². The van der Waals surface area contributed by atoms with Gasteiger partial charge in [0.05, 0.1) is 0 Å². The van der Waals surface area contributed by atoms with E-state index in [4.69, 9.17) is 0 Å². The van der Waals surface area contributed by atoms with Gasteiger partial charge in [-0.1, -0.05) is 13.0 Å². The monoisotopic (exact) mass is 233 g/mol. The summed E-state index contributed by atoms with van der Waals surface area (Å²) in [5.74, 6) is 5.54. The molecule has 1 N–H and O–H groups in total. The quantitative estimate of drug-likeness (QED) is 0.523. The van der Waals surface area contributed by atoms with Gasteiger partial charge in [-0.05, 0) is 74.7 Å². The van der Waals surface area contributed by atoms with Crippen LogP contribution in [0.2, 0.25) is 0 Å². The van der Waals surface area contributed by atoms with Crippen molar-refractivity contribution in [1.29, 1.82) is 0 Å². The van der Waals surface area contributed by atoms with Crippen LogP contribution in [-0.2, 0) is 0 Å². The van der Waals surface area contributed by atoms with Gasteiger partial charge in [-0.25, -0.2) is 0 Å². The lowest BCUT2D eigenvalue weighted by atomic mass is 9.94. The van der Waals surface area contributed by atoms with E-state index in [0.29, 0.717) is 0 Å². The Hall–Kier alpha value is -0.300. The third kappa shape index (κ3) is 1.97. The largest absolute Gasteiger partial charge is 0.314 e. The van der Waals surface area contributed by atoms with Crippen molar-refractivity contribution in [2.24, 2.45) is 29.6 Å². The van der Waals surface area contributed by atoms with E-state index in [9.17, 15) is 0 Å². The van der Waals surface area contributed by atoms with Crippen molar-refractivity contribution in [3.63, 3.8) is 0 Å².